The van der Waals surface area contributed by atoms with Gasteiger partial charge in [0.25, 0.3) is 5.91 Å². The van der Waals surface area contributed by atoms with E-state index in [1.54, 1.807) is 30.3 Å². The first-order chi connectivity index (χ1) is 22.1. The summed E-state index contributed by atoms with van der Waals surface area (Å²) in [7, 11) is 0. The van der Waals surface area contributed by atoms with E-state index in [4.69, 9.17) is 0 Å². The monoisotopic (exact) mass is 634 g/mol. The fraction of sp³-hybridized carbons (Fsp3) is 0.641. The highest BCUT2D eigenvalue weighted by molar-refractivity contribution is 5.95. The second-order valence-electron chi connectivity index (χ2n) is 14.7. The normalized spacial score (nSPS) is 28.2. The lowest BCUT2D eigenvalue weighted by atomic mass is 9.51. The van der Waals surface area contributed by atoms with Crippen LogP contribution in [-0.2, 0) is 11.2 Å². The van der Waals surface area contributed by atoms with Crippen molar-refractivity contribution in [2.75, 3.05) is 18.4 Å². The molecule has 6 unspecified atom stereocenters. The molecule has 2 amide bonds. The first-order valence-electron chi connectivity index (χ1n) is 17.9. The van der Waals surface area contributed by atoms with Crippen molar-refractivity contribution in [2.45, 2.75) is 122 Å². The number of alkyl halides is 1. The number of carbonyl (C=O) groups excluding carboxylic acids is 2. The van der Waals surface area contributed by atoms with Gasteiger partial charge in [-0.3, -0.25) is 9.59 Å². The molecular formula is C39H55FN2O4. The summed E-state index contributed by atoms with van der Waals surface area (Å²) in [6.07, 6.45) is 11.1. The number of nitrogens with zero attached hydrogens (tertiary/aromatic N) is 1. The number of hydrogen-bond donors (Lipinski definition) is 3. The third kappa shape index (κ3) is 7.61. The Kier molecular flexibility index (Phi) is 11.5. The van der Waals surface area contributed by atoms with E-state index in [1.165, 1.54) is 13.3 Å². The molecular weight excluding hydrogens is 579 g/mol. The number of aromatic hydroxyl groups is 1. The fourth-order valence-corrected chi connectivity index (χ4v) is 9.22. The molecule has 46 heavy (non-hydrogen) atoms. The van der Waals surface area contributed by atoms with Crippen molar-refractivity contribution in [3.8, 4) is 5.75 Å². The Labute approximate surface area is 275 Å². The summed E-state index contributed by atoms with van der Waals surface area (Å²) in [5.74, 6) is 0.885. The number of carbonyl (C=O) groups is 2. The van der Waals surface area contributed by atoms with E-state index in [0.29, 0.717) is 29.5 Å². The Balaban J connectivity index is 1.18. The molecule has 2 saturated carbocycles. The minimum atomic E-state index is -0.979. The maximum Gasteiger partial charge on any atom is 0.253 e. The average Bonchev–Trinajstić information content (AvgIpc) is 3.32. The van der Waals surface area contributed by atoms with Gasteiger partial charge < -0.3 is 20.4 Å². The Morgan fingerprint density at radius 2 is 1.67 bits per heavy atom. The Morgan fingerprint density at radius 3 is 2.37 bits per heavy atom. The largest absolute Gasteiger partial charge is 0.508 e. The molecule has 0 saturated heterocycles. The topological polar surface area (TPSA) is 89.9 Å². The van der Waals surface area contributed by atoms with Crippen LogP contribution in [0.3, 0.4) is 0 Å². The number of hydrogen-bond acceptors (Lipinski definition) is 4. The predicted octanol–water partition coefficient (Wildman–Crippen LogP) is 8.41. The number of anilines is 1. The second-order valence-corrected chi connectivity index (χ2v) is 14.7. The van der Waals surface area contributed by atoms with Gasteiger partial charge in [0.1, 0.15) is 11.9 Å². The molecule has 3 aliphatic rings. The van der Waals surface area contributed by atoms with Gasteiger partial charge in [0, 0.05) is 37.2 Å². The summed E-state index contributed by atoms with van der Waals surface area (Å²) in [6.45, 7) is 7.25. The van der Waals surface area contributed by atoms with E-state index in [1.807, 2.05) is 17.0 Å². The highest BCUT2D eigenvalue weighted by Crippen LogP contribution is 2.63. The van der Waals surface area contributed by atoms with Crippen molar-refractivity contribution in [3.05, 3.63) is 59.2 Å². The molecule has 6 nitrogen and oxygen atoms in total. The lowest BCUT2D eigenvalue weighted by Gasteiger charge is -2.54. The molecule has 2 fully saturated rings. The zero-order valence-corrected chi connectivity index (χ0v) is 28.1. The highest BCUT2D eigenvalue weighted by Gasteiger charge is 2.59. The highest BCUT2D eigenvalue weighted by atomic mass is 19.1. The van der Waals surface area contributed by atoms with Crippen LogP contribution in [0.4, 0.5) is 10.1 Å². The molecule has 0 bridgehead atoms. The number of phenolic OH excluding ortho intramolecular Hbond substituents is 1. The standard InChI is InChI=1S/C39H55FN2O4/c1-4-5-6-10-21-42(38(46)27-13-15-30(16-14-27)41-26(2)43)22-11-8-7-9-12-28-23-29-24-31(44)17-18-32(29)37-34(40)25-39(3)33(36(28)37)19-20-35(39)45/h13-18,24,28,33-37,44-45H,4-12,19-23,25H2,1-3H3,(H,41,43)/t28?,33?,34?,35?,36?,37?,39-/m0/s1. The van der Waals surface area contributed by atoms with Crippen molar-refractivity contribution in [3.63, 3.8) is 0 Å². The van der Waals surface area contributed by atoms with Crippen molar-refractivity contribution in [1.29, 1.82) is 0 Å². The summed E-state index contributed by atoms with van der Waals surface area (Å²) < 4.78 is 16.1. The second kappa shape index (κ2) is 15.3. The number of phenols is 1. The summed E-state index contributed by atoms with van der Waals surface area (Å²) in [5, 5.41) is 23.9. The average molecular weight is 635 g/mol. The van der Waals surface area contributed by atoms with Gasteiger partial charge in [-0.15, -0.1) is 0 Å². The number of halogens is 1. The van der Waals surface area contributed by atoms with E-state index >= 15 is 4.39 Å². The van der Waals surface area contributed by atoms with Crippen molar-refractivity contribution < 1.29 is 24.2 Å². The van der Waals surface area contributed by atoms with Gasteiger partial charge in [-0.2, -0.15) is 0 Å². The maximum atomic E-state index is 16.1. The number of nitrogens with one attached hydrogen (secondary N) is 1. The fourth-order valence-electron chi connectivity index (χ4n) is 9.22. The number of unbranched alkanes of at least 4 members (excludes halogenated alkanes) is 6. The minimum absolute atomic E-state index is 0.0425. The summed E-state index contributed by atoms with van der Waals surface area (Å²) in [5.41, 5.74) is 3.14. The molecule has 5 rings (SSSR count). The van der Waals surface area contributed by atoms with Crippen LogP contribution >= 0.6 is 0 Å². The third-order valence-corrected chi connectivity index (χ3v) is 11.5. The molecule has 3 N–H and O–H groups in total. The number of benzene rings is 2. The number of aliphatic hydroxyl groups is 1. The minimum Gasteiger partial charge on any atom is -0.508 e. The van der Waals surface area contributed by atoms with Crippen LogP contribution < -0.4 is 5.32 Å². The number of fused-ring (bicyclic) bond motifs is 5. The smallest absolute Gasteiger partial charge is 0.253 e. The van der Waals surface area contributed by atoms with Crippen molar-refractivity contribution in [2.24, 2.45) is 23.2 Å². The van der Waals surface area contributed by atoms with Gasteiger partial charge in [0.05, 0.1) is 6.10 Å². The first-order valence-corrected chi connectivity index (χ1v) is 17.9. The van der Waals surface area contributed by atoms with Gasteiger partial charge in [-0.1, -0.05) is 58.4 Å². The van der Waals surface area contributed by atoms with Crippen molar-refractivity contribution >= 4 is 17.5 Å². The van der Waals surface area contributed by atoms with Crippen LogP contribution in [-0.4, -0.2) is 52.3 Å². The molecule has 0 heterocycles. The number of aliphatic hydroxyl groups excluding tert-OH is 1. The molecule has 3 aliphatic carbocycles. The van der Waals surface area contributed by atoms with Gasteiger partial charge >= 0.3 is 0 Å². The molecule has 0 spiro atoms. The van der Waals surface area contributed by atoms with E-state index in [-0.39, 0.29) is 34.8 Å². The maximum absolute atomic E-state index is 16.1. The molecule has 0 aliphatic heterocycles. The molecule has 7 atom stereocenters. The van der Waals surface area contributed by atoms with Gasteiger partial charge in [0.2, 0.25) is 5.91 Å². The predicted molar refractivity (Wildman–Crippen MR) is 182 cm³/mol. The first kappa shape index (κ1) is 34.4. The Bertz CT molecular complexity index is 1330. The molecule has 0 aromatic heterocycles. The van der Waals surface area contributed by atoms with Gasteiger partial charge in [0.15, 0.2) is 0 Å². The molecule has 0 radical (unpaired) electrons. The Morgan fingerprint density at radius 1 is 0.978 bits per heavy atom. The van der Waals surface area contributed by atoms with E-state index in [9.17, 15) is 19.8 Å². The molecule has 7 heteroatoms. The number of rotatable bonds is 14. The van der Waals surface area contributed by atoms with Crippen molar-refractivity contribution in [1.82, 2.24) is 4.90 Å². The number of amides is 2. The quantitative estimate of drug-likeness (QED) is 0.182. The summed E-state index contributed by atoms with van der Waals surface area (Å²) >= 11 is 0. The van der Waals surface area contributed by atoms with E-state index < -0.39 is 12.3 Å². The lowest BCUT2D eigenvalue weighted by molar-refractivity contribution is -0.114. The summed E-state index contributed by atoms with van der Waals surface area (Å²) in [6, 6.07) is 12.7. The van der Waals surface area contributed by atoms with Crippen LogP contribution in [0.25, 0.3) is 0 Å². The zero-order valence-electron chi connectivity index (χ0n) is 28.1. The van der Waals surface area contributed by atoms with E-state index in [0.717, 1.165) is 94.8 Å². The Hall–Kier alpha value is -2.93. The summed E-state index contributed by atoms with van der Waals surface area (Å²) in [4.78, 5) is 26.8. The van der Waals surface area contributed by atoms with Crippen LogP contribution in [0.5, 0.6) is 5.75 Å². The van der Waals surface area contributed by atoms with E-state index in [2.05, 4.69) is 19.2 Å². The lowest BCUT2D eigenvalue weighted by Crippen LogP contribution is -2.51. The van der Waals surface area contributed by atoms with Gasteiger partial charge in [-0.05, 0) is 116 Å². The van der Waals surface area contributed by atoms with Crippen LogP contribution in [0, 0.1) is 23.2 Å². The molecule has 2 aromatic carbocycles. The SMILES string of the molecule is CCCCCCN(CCCCCCC1Cc2cc(O)ccc2C2C(F)C[C@]3(C)C(O)CCC3C12)C(=O)c1ccc(NC(C)=O)cc1. The van der Waals surface area contributed by atoms with Gasteiger partial charge in [-0.25, -0.2) is 4.39 Å². The van der Waals surface area contributed by atoms with Crippen LogP contribution in [0.1, 0.15) is 125 Å². The molecule has 252 valence electrons. The zero-order chi connectivity index (χ0) is 32.8. The van der Waals surface area contributed by atoms with Crippen LogP contribution in [0.15, 0.2) is 42.5 Å². The molecule has 2 aromatic rings. The third-order valence-electron chi connectivity index (χ3n) is 11.5. The van der Waals surface area contributed by atoms with Crippen LogP contribution in [0.2, 0.25) is 0 Å².